The first-order valence-corrected chi connectivity index (χ1v) is 7.13. The molecule has 1 unspecified atom stereocenters. The van der Waals surface area contributed by atoms with Crippen LogP contribution in [0.5, 0.6) is 5.88 Å². The van der Waals surface area contributed by atoms with Gasteiger partial charge in [-0.05, 0) is 28.9 Å². The first-order valence-electron chi connectivity index (χ1n) is 6.34. The van der Waals surface area contributed by atoms with Gasteiger partial charge in [-0.3, -0.25) is 4.79 Å². The number of aromatic nitrogens is 1. The summed E-state index contributed by atoms with van der Waals surface area (Å²) in [5.41, 5.74) is 0. The highest BCUT2D eigenvalue weighted by Crippen LogP contribution is 2.18. The van der Waals surface area contributed by atoms with Crippen molar-refractivity contribution in [2.75, 3.05) is 19.7 Å². The van der Waals surface area contributed by atoms with Crippen molar-refractivity contribution in [1.29, 1.82) is 0 Å². The summed E-state index contributed by atoms with van der Waals surface area (Å²) in [4.78, 5) is 28.7. The molecule has 7 heteroatoms. The SMILES string of the molecule is CCOC(=O)C(=O)N1CCC(Oc2ccc(Br)cn2)C1. The molecule has 1 aromatic heterocycles. The zero-order chi connectivity index (χ0) is 14.5. The van der Waals surface area contributed by atoms with E-state index in [1.54, 1.807) is 19.2 Å². The highest BCUT2D eigenvalue weighted by Gasteiger charge is 2.32. The number of nitrogens with zero attached hydrogens (tertiary/aromatic N) is 2. The van der Waals surface area contributed by atoms with Gasteiger partial charge >= 0.3 is 11.9 Å². The number of rotatable bonds is 3. The molecule has 1 atom stereocenters. The van der Waals surface area contributed by atoms with Crippen LogP contribution in [0, 0.1) is 0 Å². The number of carbonyl (C=O) groups excluding carboxylic acids is 2. The van der Waals surface area contributed by atoms with E-state index in [1.165, 1.54) is 4.90 Å². The third-order valence-corrected chi connectivity index (χ3v) is 3.34. The van der Waals surface area contributed by atoms with Crippen molar-refractivity contribution in [2.45, 2.75) is 19.4 Å². The second-order valence-corrected chi connectivity index (χ2v) is 5.23. The van der Waals surface area contributed by atoms with Gasteiger partial charge in [-0.15, -0.1) is 0 Å². The van der Waals surface area contributed by atoms with E-state index in [-0.39, 0.29) is 12.7 Å². The summed E-state index contributed by atoms with van der Waals surface area (Å²) in [6.07, 6.45) is 2.16. The summed E-state index contributed by atoms with van der Waals surface area (Å²) in [5.74, 6) is -0.916. The van der Waals surface area contributed by atoms with Crippen molar-refractivity contribution >= 4 is 27.8 Å². The Morgan fingerprint density at radius 2 is 2.30 bits per heavy atom. The van der Waals surface area contributed by atoms with E-state index in [1.807, 2.05) is 6.07 Å². The van der Waals surface area contributed by atoms with Crippen LogP contribution >= 0.6 is 15.9 Å². The van der Waals surface area contributed by atoms with Crippen LogP contribution in [0.4, 0.5) is 0 Å². The lowest BCUT2D eigenvalue weighted by Crippen LogP contribution is -2.37. The number of likely N-dealkylation sites (tertiary alicyclic amines) is 1. The molecule has 0 aromatic carbocycles. The maximum Gasteiger partial charge on any atom is 0.397 e. The molecule has 0 aliphatic carbocycles. The van der Waals surface area contributed by atoms with Crippen molar-refractivity contribution in [1.82, 2.24) is 9.88 Å². The summed E-state index contributed by atoms with van der Waals surface area (Å²) in [6, 6.07) is 3.58. The fourth-order valence-electron chi connectivity index (χ4n) is 1.93. The molecular weight excluding hydrogens is 328 g/mol. The van der Waals surface area contributed by atoms with Gasteiger partial charge in [0.1, 0.15) is 6.10 Å². The minimum Gasteiger partial charge on any atom is -0.472 e. The van der Waals surface area contributed by atoms with Crippen molar-refractivity contribution in [3.63, 3.8) is 0 Å². The largest absolute Gasteiger partial charge is 0.472 e. The molecule has 1 fully saturated rings. The lowest BCUT2D eigenvalue weighted by atomic mass is 10.3. The Labute approximate surface area is 125 Å². The topological polar surface area (TPSA) is 68.7 Å². The van der Waals surface area contributed by atoms with E-state index in [0.717, 1.165) is 4.47 Å². The normalized spacial score (nSPS) is 17.9. The zero-order valence-electron chi connectivity index (χ0n) is 11.0. The van der Waals surface area contributed by atoms with E-state index in [4.69, 9.17) is 9.47 Å². The van der Waals surface area contributed by atoms with E-state index in [9.17, 15) is 9.59 Å². The van der Waals surface area contributed by atoms with Crippen LogP contribution in [0.2, 0.25) is 0 Å². The number of carbonyl (C=O) groups is 2. The van der Waals surface area contributed by atoms with E-state index in [0.29, 0.717) is 25.4 Å². The number of ether oxygens (including phenoxy) is 2. The van der Waals surface area contributed by atoms with Crippen LogP contribution < -0.4 is 4.74 Å². The minimum atomic E-state index is -0.810. The highest BCUT2D eigenvalue weighted by molar-refractivity contribution is 9.10. The number of hydrogen-bond acceptors (Lipinski definition) is 5. The molecular formula is C13H15BrN2O4. The van der Waals surface area contributed by atoms with Crippen LogP contribution in [0.15, 0.2) is 22.8 Å². The first-order chi connectivity index (χ1) is 9.60. The number of pyridine rings is 1. The first kappa shape index (κ1) is 14.8. The molecule has 1 aliphatic heterocycles. The lowest BCUT2D eigenvalue weighted by Gasteiger charge is -2.15. The van der Waals surface area contributed by atoms with Gasteiger partial charge in [0.2, 0.25) is 5.88 Å². The summed E-state index contributed by atoms with van der Waals surface area (Å²) in [5, 5.41) is 0. The van der Waals surface area contributed by atoms with Crippen LogP contribution in [-0.4, -0.2) is 47.6 Å². The van der Waals surface area contributed by atoms with Crippen molar-refractivity contribution < 1.29 is 19.1 Å². The van der Waals surface area contributed by atoms with Gasteiger partial charge < -0.3 is 14.4 Å². The molecule has 20 heavy (non-hydrogen) atoms. The van der Waals surface area contributed by atoms with Gasteiger partial charge in [-0.25, -0.2) is 9.78 Å². The summed E-state index contributed by atoms with van der Waals surface area (Å²) in [6.45, 7) is 2.72. The third kappa shape index (κ3) is 3.69. The van der Waals surface area contributed by atoms with E-state index in [2.05, 4.69) is 20.9 Å². The Hall–Kier alpha value is -1.63. The van der Waals surface area contributed by atoms with Gasteiger partial charge in [0.25, 0.3) is 0 Å². The molecule has 0 saturated carbocycles. The highest BCUT2D eigenvalue weighted by atomic mass is 79.9. The summed E-state index contributed by atoms with van der Waals surface area (Å²) >= 11 is 3.30. The van der Waals surface area contributed by atoms with Crippen molar-refractivity contribution in [3.8, 4) is 5.88 Å². The average molecular weight is 343 g/mol. The second-order valence-electron chi connectivity index (χ2n) is 4.31. The minimum absolute atomic E-state index is 0.151. The van der Waals surface area contributed by atoms with Gasteiger partial charge in [0.15, 0.2) is 0 Å². The molecule has 1 aromatic rings. The molecule has 0 spiro atoms. The second kappa shape index (κ2) is 6.69. The molecule has 2 rings (SSSR count). The van der Waals surface area contributed by atoms with Crippen molar-refractivity contribution in [2.24, 2.45) is 0 Å². The summed E-state index contributed by atoms with van der Waals surface area (Å²) < 4.78 is 11.2. The number of halogens is 1. The Kier molecular flexibility index (Phi) is 4.94. The number of amides is 1. The zero-order valence-corrected chi connectivity index (χ0v) is 12.6. The molecule has 2 heterocycles. The number of hydrogen-bond donors (Lipinski definition) is 0. The summed E-state index contributed by atoms with van der Waals surface area (Å²) in [7, 11) is 0. The predicted octanol–water partition coefficient (Wildman–Crippen LogP) is 1.39. The smallest absolute Gasteiger partial charge is 0.397 e. The van der Waals surface area contributed by atoms with Crippen LogP contribution in [0.1, 0.15) is 13.3 Å². The molecule has 1 amide bonds. The van der Waals surface area contributed by atoms with Crippen LogP contribution in [0.3, 0.4) is 0 Å². The maximum atomic E-state index is 11.8. The standard InChI is InChI=1S/C13H15BrN2O4/c1-2-19-13(18)12(17)16-6-5-10(8-16)20-11-4-3-9(14)7-15-11/h3-4,7,10H,2,5-6,8H2,1H3. The van der Waals surface area contributed by atoms with Gasteiger partial charge in [0.05, 0.1) is 13.2 Å². The fourth-order valence-corrected chi connectivity index (χ4v) is 2.17. The molecule has 0 bridgehead atoms. The Morgan fingerprint density at radius 1 is 1.50 bits per heavy atom. The Balaban J connectivity index is 1.87. The van der Waals surface area contributed by atoms with Crippen LogP contribution in [0.25, 0.3) is 0 Å². The molecule has 108 valence electrons. The Bertz CT molecular complexity index is 492. The van der Waals surface area contributed by atoms with Gasteiger partial charge in [-0.2, -0.15) is 0 Å². The molecule has 0 radical (unpaired) electrons. The van der Waals surface area contributed by atoms with Gasteiger partial charge in [0, 0.05) is 29.7 Å². The molecule has 6 nitrogen and oxygen atoms in total. The fraction of sp³-hybridized carbons (Fsp3) is 0.462. The van der Waals surface area contributed by atoms with Crippen molar-refractivity contribution in [3.05, 3.63) is 22.8 Å². The number of esters is 1. The monoisotopic (exact) mass is 342 g/mol. The molecule has 0 N–H and O–H groups in total. The lowest BCUT2D eigenvalue weighted by molar-refractivity contribution is -0.159. The quantitative estimate of drug-likeness (QED) is 0.613. The van der Waals surface area contributed by atoms with E-state index < -0.39 is 11.9 Å². The molecule has 1 saturated heterocycles. The Morgan fingerprint density at radius 3 is 2.95 bits per heavy atom. The van der Waals surface area contributed by atoms with E-state index >= 15 is 0 Å². The van der Waals surface area contributed by atoms with Gasteiger partial charge in [-0.1, -0.05) is 0 Å². The predicted molar refractivity (Wildman–Crippen MR) is 74.2 cm³/mol. The molecule has 1 aliphatic rings. The van der Waals surface area contributed by atoms with Crippen LogP contribution in [-0.2, 0) is 14.3 Å². The maximum absolute atomic E-state index is 11.8. The third-order valence-electron chi connectivity index (χ3n) is 2.87. The average Bonchev–Trinajstić information content (AvgIpc) is 2.89.